The maximum absolute atomic E-state index is 12.6. The molecule has 1 saturated heterocycles. The number of hydrogen-bond acceptors (Lipinski definition) is 4. The summed E-state index contributed by atoms with van der Waals surface area (Å²) in [6.45, 7) is 2.39. The van der Waals surface area contributed by atoms with E-state index in [1.807, 2.05) is 17.0 Å². The van der Waals surface area contributed by atoms with Crippen LogP contribution in [0.2, 0.25) is 0 Å². The smallest absolute Gasteiger partial charge is 0.240 e. The molecule has 1 fully saturated rings. The summed E-state index contributed by atoms with van der Waals surface area (Å²) in [4.78, 5) is 14.6. The summed E-state index contributed by atoms with van der Waals surface area (Å²) in [6.07, 6.45) is 4.13. The van der Waals surface area contributed by atoms with E-state index in [4.69, 9.17) is 9.47 Å². The lowest BCUT2D eigenvalue weighted by Gasteiger charge is -2.33. The van der Waals surface area contributed by atoms with Gasteiger partial charge in [0.05, 0.1) is 20.3 Å². The van der Waals surface area contributed by atoms with Crippen LogP contribution in [0.4, 0.5) is 0 Å². The Morgan fingerprint density at radius 1 is 1.18 bits per heavy atom. The molecule has 5 heteroatoms. The second-order valence-electron chi connectivity index (χ2n) is 5.99. The van der Waals surface area contributed by atoms with E-state index in [-0.39, 0.29) is 11.9 Å². The first kappa shape index (κ1) is 15.2. The maximum Gasteiger partial charge on any atom is 0.240 e. The first-order valence-electron chi connectivity index (χ1n) is 7.99. The number of nitrogens with one attached hydrogen (secondary N) is 1. The Kier molecular flexibility index (Phi) is 4.52. The van der Waals surface area contributed by atoms with Crippen molar-refractivity contribution >= 4 is 5.91 Å². The lowest BCUT2D eigenvalue weighted by atomic mass is 9.97. The van der Waals surface area contributed by atoms with E-state index in [9.17, 15) is 4.79 Å². The van der Waals surface area contributed by atoms with Gasteiger partial charge in [-0.2, -0.15) is 0 Å². The monoisotopic (exact) mass is 304 g/mol. The normalized spacial score (nSPS) is 21.2. The van der Waals surface area contributed by atoms with Crippen LogP contribution in [0.5, 0.6) is 11.5 Å². The zero-order valence-electron chi connectivity index (χ0n) is 13.4. The zero-order chi connectivity index (χ0) is 15.5. The summed E-state index contributed by atoms with van der Waals surface area (Å²) in [6, 6.07) is 4.03. The number of fused-ring (bicyclic) bond motifs is 1. The van der Waals surface area contributed by atoms with Gasteiger partial charge in [0.15, 0.2) is 11.5 Å². The highest BCUT2D eigenvalue weighted by atomic mass is 16.5. The van der Waals surface area contributed by atoms with Crippen molar-refractivity contribution < 1.29 is 14.3 Å². The Morgan fingerprint density at radius 3 is 2.55 bits per heavy atom. The first-order valence-corrected chi connectivity index (χ1v) is 7.99. The highest BCUT2D eigenvalue weighted by molar-refractivity contribution is 5.82. The second-order valence-corrected chi connectivity index (χ2v) is 5.99. The van der Waals surface area contributed by atoms with Crippen molar-refractivity contribution in [2.24, 2.45) is 0 Å². The molecular formula is C17H24N2O3. The van der Waals surface area contributed by atoms with Crippen LogP contribution in [0.1, 0.15) is 30.4 Å². The molecule has 1 aromatic carbocycles. The van der Waals surface area contributed by atoms with Gasteiger partial charge in [-0.1, -0.05) is 6.42 Å². The molecule has 1 amide bonds. The molecule has 2 heterocycles. The third-order valence-corrected chi connectivity index (χ3v) is 4.64. The van der Waals surface area contributed by atoms with Crippen LogP contribution >= 0.6 is 0 Å². The molecule has 1 atom stereocenters. The van der Waals surface area contributed by atoms with E-state index in [0.29, 0.717) is 6.54 Å². The van der Waals surface area contributed by atoms with Crippen molar-refractivity contribution in [2.45, 2.75) is 38.3 Å². The standard InChI is InChI=1S/C17H24N2O3/c1-21-15-9-12-6-8-19(11-13(12)10-16(15)22-2)17(20)14-5-3-4-7-18-14/h9-10,14,18H,3-8,11H2,1-2H3. The molecule has 3 rings (SSSR count). The molecule has 1 unspecified atom stereocenters. The minimum Gasteiger partial charge on any atom is -0.493 e. The molecule has 22 heavy (non-hydrogen) atoms. The molecule has 0 radical (unpaired) electrons. The highest BCUT2D eigenvalue weighted by Crippen LogP contribution is 2.33. The SMILES string of the molecule is COc1cc2c(cc1OC)CN(C(=O)C1CCCCN1)CC2. The third kappa shape index (κ3) is 2.90. The average Bonchev–Trinajstić information content (AvgIpc) is 2.60. The molecule has 2 aliphatic rings. The molecule has 0 aromatic heterocycles. The molecular weight excluding hydrogens is 280 g/mol. The highest BCUT2D eigenvalue weighted by Gasteiger charge is 2.28. The number of carbonyl (C=O) groups excluding carboxylic acids is 1. The van der Waals surface area contributed by atoms with Crippen LogP contribution < -0.4 is 14.8 Å². The molecule has 1 N–H and O–H groups in total. The number of amides is 1. The van der Waals surface area contributed by atoms with Gasteiger partial charge in [0.1, 0.15) is 0 Å². The van der Waals surface area contributed by atoms with Crippen molar-refractivity contribution in [1.82, 2.24) is 10.2 Å². The van der Waals surface area contributed by atoms with Crippen molar-refractivity contribution in [3.8, 4) is 11.5 Å². The van der Waals surface area contributed by atoms with Crippen LogP contribution in [0.25, 0.3) is 0 Å². The molecule has 5 nitrogen and oxygen atoms in total. The lowest BCUT2D eigenvalue weighted by Crippen LogP contribution is -2.49. The van der Waals surface area contributed by atoms with E-state index in [2.05, 4.69) is 5.32 Å². The summed E-state index contributed by atoms with van der Waals surface area (Å²) in [5, 5.41) is 3.35. The number of methoxy groups -OCH3 is 2. The van der Waals surface area contributed by atoms with Gasteiger partial charge in [-0.15, -0.1) is 0 Å². The Hall–Kier alpha value is -1.75. The van der Waals surface area contributed by atoms with Crippen LogP contribution in [0.15, 0.2) is 12.1 Å². The van der Waals surface area contributed by atoms with Crippen LogP contribution in [-0.4, -0.2) is 44.2 Å². The van der Waals surface area contributed by atoms with E-state index in [1.54, 1.807) is 14.2 Å². The van der Waals surface area contributed by atoms with E-state index in [1.165, 1.54) is 12.0 Å². The van der Waals surface area contributed by atoms with Gasteiger partial charge < -0.3 is 19.7 Å². The van der Waals surface area contributed by atoms with Crippen molar-refractivity contribution in [3.63, 3.8) is 0 Å². The Morgan fingerprint density at radius 2 is 1.91 bits per heavy atom. The molecule has 120 valence electrons. The number of benzene rings is 1. The fourth-order valence-electron chi connectivity index (χ4n) is 3.35. The number of hydrogen-bond donors (Lipinski definition) is 1. The van der Waals surface area contributed by atoms with Crippen LogP contribution in [0.3, 0.4) is 0 Å². The first-order chi connectivity index (χ1) is 10.7. The fourth-order valence-corrected chi connectivity index (χ4v) is 3.35. The topological polar surface area (TPSA) is 50.8 Å². The Bertz CT molecular complexity index is 553. The van der Waals surface area contributed by atoms with Crippen LogP contribution in [-0.2, 0) is 17.8 Å². The largest absolute Gasteiger partial charge is 0.493 e. The lowest BCUT2D eigenvalue weighted by molar-refractivity contribution is -0.135. The maximum atomic E-state index is 12.6. The minimum atomic E-state index is -0.00422. The van der Waals surface area contributed by atoms with Crippen LogP contribution in [0, 0.1) is 0 Å². The molecule has 0 aliphatic carbocycles. The quantitative estimate of drug-likeness (QED) is 0.924. The van der Waals surface area contributed by atoms with E-state index < -0.39 is 0 Å². The van der Waals surface area contributed by atoms with Crippen molar-refractivity contribution in [3.05, 3.63) is 23.3 Å². The van der Waals surface area contributed by atoms with E-state index >= 15 is 0 Å². The second kappa shape index (κ2) is 6.57. The Balaban J connectivity index is 1.76. The molecule has 2 aliphatic heterocycles. The van der Waals surface area contributed by atoms with Gasteiger partial charge in [-0.25, -0.2) is 0 Å². The number of rotatable bonds is 3. The van der Waals surface area contributed by atoms with Gasteiger partial charge in [0, 0.05) is 13.1 Å². The fraction of sp³-hybridized carbons (Fsp3) is 0.588. The summed E-state index contributed by atoms with van der Waals surface area (Å²) < 4.78 is 10.7. The summed E-state index contributed by atoms with van der Waals surface area (Å²) >= 11 is 0. The summed E-state index contributed by atoms with van der Waals surface area (Å²) in [5.41, 5.74) is 2.41. The number of piperidine rings is 1. The summed E-state index contributed by atoms with van der Waals surface area (Å²) in [5.74, 6) is 1.72. The van der Waals surface area contributed by atoms with Crippen molar-refractivity contribution in [1.29, 1.82) is 0 Å². The van der Waals surface area contributed by atoms with Crippen molar-refractivity contribution in [2.75, 3.05) is 27.3 Å². The number of ether oxygens (including phenoxy) is 2. The predicted octanol–water partition coefficient (Wildman–Crippen LogP) is 1.73. The average molecular weight is 304 g/mol. The van der Waals surface area contributed by atoms with Gasteiger partial charge in [0.25, 0.3) is 0 Å². The number of nitrogens with zero attached hydrogens (tertiary/aromatic N) is 1. The molecule has 0 bridgehead atoms. The van der Waals surface area contributed by atoms with Gasteiger partial charge in [0.2, 0.25) is 5.91 Å². The predicted molar refractivity (Wildman–Crippen MR) is 84.3 cm³/mol. The van der Waals surface area contributed by atoms with E-state index in [0.717, 1.165) is 49.4 Å². The molecule has 1 aromatic rings. The minimum absolute atomic E-state index is 0.00422. The van der Waals surface area contributed by atoms with Gasteiger partial charge in [-0.05, 0) is 49.1 Å². The zero-order valence-corrected chi connectivity index (χ0v) is 13.4. The van der Waals surface area contributed by atoms with Gasteiger partial charge in [-0.3, -0.25) is 4.79 Å². The number of carbonyl (C=O) groups is 1. The summed E-state index contributed by atoms with van der Waals surface area (Å²) in [7, 11) is 3.29. The molecule has 0 spiro atoms. The third-order valence-electron chi connectivity index (χ3n) is 4.64. The van der Waals surface area contributed by atoms with Gasteiger partial charge >= 0.3 is 0 Å². The molecule has 0 saturated carbocycles. The Labute approximate surface area is 131 Å².